The molecular formula is C21H26N2O2S2. The third kappa shape index (κ3) is 4.87. The Hall–Kier alpha value is -1.92. The Labute approximate surface area is 170 Å². The Bertz CT molecular complexity index is 794. The van der Waals surface area contributed by atoms with Gasteiger partial charge in [-0.3, -0.25) is 0 Å². The van der Waals surface area contributed by atoms with Crippen LogP contribution in [0.5, 0.6) is 0 Å². The van der Waals surface area contributed by atoms with Crippen LogP contribution < -0.4 is 5.32 Å². The van der Waals surface area contributed by atoms with E-state index in [0.717, 1.165) is 28.5 Å². The van der Waals surface area contributed by atoms with Crippen LogP contribution in [0.1, 0.15) is 37.6 Å². The molecule has 0 radical (unpaired) electrons. The van der Waals surface area contributed by atoms with Crippen molar-refractivity contribution >= 4 is 39.6 Å². The molecule has 0 amide bonds. The SMILES string of the molecule is CCOC(=O)c1cc(-c2ccccc2)sc1NC(=S)N1C[C@@H](C)C[C@H](C)C1. The zero-order valence-corrected chi connectivity index (χ0v) is 17.7. The second-order valence-corrected chi connectivity index (χ2v) is 8.66. The van der Waals surface area contributed by atoms with Crippen molar-refractivity contribution in [3.05, 3.63) is 42.0 Å². The van der Waals surface area contributed by atoms with Crippen molar-refractivity contribution in [1.29, 1.82) is 0 Å². The van der Waals surface area contributed by atoms with Gasteiger partial charge in [0.25, 0.3) is 0 Å². The summed E-state index contributed by atoms with van der Waals surface area (Å²) in [4.78, 5) is 15.7. The molecule has 3 rings (SSSR count). The fourth-order valence-corrected chi connectivity index (χ4v) is 4.96. The van der Waals surface area contributed by atoms with E-state index in [1.807, 2.05) is 43.3 Å². The average Bonchev–Trinajstić information content (AvgIpc) is 3.06. The van der Waals surface area contributed by atoms with Crippen molar-refractivity contribution in [2.24, 2.45) is 11.8 Å². The molecule has 6 heteroatoms. The highest BCUT2D eigenvalue weighted by molar-refractivity contribution is 7.80. The summed E-state index contributed by atoms with van der Waals surface area (Å²) in [6.45, 7) is 8.57. The molecule has 1 aromatic carbocycles. The average molecular weight is 403 g/mol. The summed E-state index contributed by atoms with van der Waals surface area (Å²) in [6, 6.07) is 11.9. The molecule has 0 saturated carbocycles. The molecule has 1 aliphatic rings. The van der Waals surface area contributed by atoms with Crippen molar-refractivity contribution in [3.63, 3.8) is 0 Å². The van der Waals surface area contributed by atoms with Gasteiger partial charge in [-0.1, -0.05) is 44.2 Å². The molecule has 4 nitrogen and oxygen atoms in total. The van der Waals surface area contributed by atoms with Gasteiger partial charge in [-0.05, 0) is 49.0 Å². The summed E-state index contributed by atoms with van der Waals surface area (Å²) >= 11 is 7.20. The van der Waals surface area contributed by atoms with Crippen molar-refractivity contribution < 1.29 is 9.53 Å². The monoisotopic (exact) mass is 402 g/mol. The highest BCUT2D eigenvalue weighted by Crippen LogP contribution is 2.36. The lowest BCUT2D eigenvalue weighted by Crippen LogP contribution is -2.44. The van der Waals surface area contributed by atoms with Gasteiger partial charge < -0.3 is 15.0 Å². The number of anilines is 1. The molecule has 1 aromatic heterocycles. The summed E-state index contributed by atoms with van der Waals surface area (Å²) in [6.07, 6.45) is 1.23. The van der Waals surface area contributed by atoms with Crippen LogP contribution in [0, 0.1) is 11.8 Å². The van der Waals surface area contributed by atoms with Gasteiger partial charge in [-0.25, -0.2) is 4.79 Å². The molecule has 1 N–H and O–H groups in total. The van der Waals surface area contributed by atoms with E-state index in [9.17, 15) is 4.79 Å². The second kappa shape index (κ2) is 8.85. The van der Waals surface area contributed by atoms with Crippen LogP contribution >= 0.6 is 23.6 Å². The van der Waals surface area contributed by atoms with E-state index in [-0.39, 0.29) is 5.97 Å². The topological polar surface area (TPSA) is 41.6 Å². The van der Waals surface area contributed by atoms with Crippen LogP contribution in [-0.4, -0.2) is 35.7 Å². The number of nitrogens with zero attached hydrogens (tertiary/aromatic N) is 1. The zero-order valence-electron chi connectivity index (χ0n) is 16.0. The molecule has 144 valence electrons. The van der Waals surface area contributed by atoms with Gasteiger partial charge in [-0.15, -0.1) is 11.3 Å². The minimum absolute atomic E-state index is 0.318. The number of esters is 1. The summed E-state index contributed by atoms with van der Waals surface area (Å²) in [5.41, 5.74) is 1.62. The molecule has 0 unspecified atom stereocenters. The Morgan fingerprint density at radius 2 is 1.93 bits per heavy atom. The van der Waals surface area contributed by atoms with Gasteiger partial charge in [0.15, 0.2) is 5.11 Å². The molecule has 2 atom stereocenters. The first-order valence-electron chi connectivity index (χ1n) is 9.40. The number of carbonyl (C=O) groups is 1. The van der Waals surface area contributed by atoms with E-state index in [1.54, 1.807) is 0 Å². The number of rotatable bonds is 4. The highest BCUT2D eigenvalue weighted by atomic mass is 32.1. The number of hydrogen-bond acceptors (Lipinski definition) is 4. The summed E-state index contributed by atoms with van der Waals surface area (Å²) in [7, 11) is 0. The summed E-state index contributed by atoms with van der Waals surface area (Å²) < 4.78 is 5.25. The van der Waals surface area contributed by atoms with E-state index < -0.39 is 0 Å². The van der Waals surface area contributed by atoms with Crippen LogP contribution in [0.2, 0.25) is 0 Å². The Morgan fingerprint density at radius 3 is 2.56 bits per heavy atom. The van der Waals surface area contributed by atoms with Gasteiger partial charge in [0, 0.05) is 18.0 Å². The van der Waals surface area contributed by atoms with Crippen LogP contribution in [0.25, 0.3) is 10.4 Å². The third-order valence-electron chi connectivity index (χ3n) is 4.66. The van der Waals surface area contributed by atoms with E-state index in [1.165, 1.54) is 17.8 Å². The molecule has 2 aromatic rings. The summed E-state index contributed by atoms with van der Waals surface area (Å²) in [5.74, 6) is 0.907. The minimum atomic E-state index is -0.318. The molecule has 27 heavy (non-hydrogen) atoms. The number of hydrogen-bond donors (Lipinski definition) is 1. The first-order valence-corrected chi connectivity index (χ1v) is 10.6. The second-order valence-electron chi connectivity index (χ2n) is 7.22. The number of ether oxygens (including phenoxy) is 1. The highest BCUT2D eigenvalue weighted by Gasteiger charge is 2.25. The van der Waals surface area contributed by atoms with Crippen molar-refractivity contribution in [1.82, 2.24) is 4.90 Å². The fourth-order valence-electron chi connectivity index (χ4n) is 3.59. The number of benzene rings is 1. The number of nitrogens with one attached hydrogen (secondary N) is 1. The number of piperidine rings is 1. The van der Waals surface area contributed by atoms with Crippen LogP contribution in [0.15, 0.2) is 36.4 Å². The maximum absolute atomic E-state index is 12.5. The Balaban J connectivity index is 1.85. The smallest absolute Gasteiger partial charge is 0.341 e. The van der Waals surface area contributed by atoms with Crippen molar-refractivity contribution in [2.45, 2.75) is 27.2 Å². The van der Waals surface area contributed by atoms with Crippen molar-refractivity contribution in [2.75, 3.05) is 25.0 Å². The maximum Gasteiger partial charge on any atom is 0.341 e. The molecular weight excluding hydrogens is 376 g/mol. The predicted molar refractivity (Wildman–Crippen MR) is 116 cm³/mol. The number of carbonyl (C=O) groups excluding carboxylic acids is 1. The molecule has 2 heterocycles. The Morgan fingerprint density at radius 1 is 1.26 bits per heavy atom. The van der Waals surface area contributed by atoms with E-state index >= 15 is 0 Å². The zero-order chi connectivity index (χ0) is 19.4. The molecule has 1 saturated heterocycles. The quantitative estimate of drug-likeness (QED) is 0.558. The van der Waals surface area contributed by atoms with Gasteiger partial charge in [0.05, 0.1) is 12.2 Å². The lowest BCUT2D eigenvalue weighted by Gasteiger charge is -2.36. The standard InChI is InChI=1S/C21H26N2O2S2/c1-4-25-20(24)17-11-18(16-8-6-5-7-9-16)27-19(17)22-21(26)23-12-14(2)10-15(3)13-23/h5-9,11,14-15H,4,10,12-13H2,1-3H3,(H,22,26)/t14-,15-/m0/s1. The van der Waals surface area contributed by atoms with Crippen LogP contribution in [-0.2, 0) is 4.74 Å². The molecule has 1 aliphatic heterocycles. The molecule has 1 fully saturated rings. The molecule has 0 bridgehead atoms. The first-order chi connectivity index (χ1) is 13.0. The predicted octanol–water partition coefficient (Wildman–Crippen LogP) is 5.27. The normalized spacial score (nSPS) is 19.6. The molecule has 0 spiro atoms. The number of likely N-dealkylation sites (tertiary alicyclic amines) is 1. The largest absolute Gasteiger partial charge is 0.462 e. The number of thiocarbonyl (C=S) groups is 1. The van der Waals surface area contributed by atoms with Gasteiger partial charge in [0.1, 0.15) is 5.00 Å². The van der Waals surface area contributed by atoms with Crippen LogP contribution in [0.3, 0.4) is 0 Å². The van der Waals surface area contributed by atoms with E-state index in [4.69, 9.17) is 17.0 Å². The van der Waals surface area contributed by atoms with Crippen molar-refractivity contribution in [3.8, 4) is 10.4 Å². The van der Waals surface area contributed by atoms with E-state index in [0.29, 0.717) is 29.1 Å². The maximum atomic E-state index is 12.5. The third-order valence-corrected chi connectivity index (χ3v) is 6.12. The lowest BCUT2D eigenvalue weighted by molar-refractivity contribution is 0.0528. The van der Waals surface area contributed by atoms with E-state index in [2.05, 4.69) is 24.1 Å². The lowest BCUT2D eigenvalue weighted by atomic mass is 9.92. The van der Waals surface area contributed by atoms with Gasteiger partial charge in [-0.2, -0.15) is 0 Å². The van der Waals surface area contributed by atoms with Gasteiger partial charge >= 0.3 is 5.97 Å². The summed E-state index contributed by atoms with van der Waals surface area (Å²) in [5, 5.41) is 4.76. The number of thiophene rings is 1. The first kappa shape index (κ1) is 19.8. The van der Waals surface area contributed by atoms with Crippen LogP contribution in [0.4, 0.5) is 5.00 Å². The Kier molecular flexibility index (Phi) is 6.50. The molecule has 0 aliphatic carbocycles. The van der Waals surface area contributed by atoms with Gasteiger partial charge in [0.2, 0.25) is 0 Å². The minimum Gasteiger partial charge on any atom is -0.462 e. The fraction of sp³-hybridized carbons (Fsp3) is 0.429.